The molecule has 6 nitrogen and oxygen atoms in total. The summed E-state index contributed by atoms with van der Waals surface area (Å²) in [5, 5.41) is 11.1. The van der Waals surface area contributed by atoms with Crippen molar-refractivity contribution in [3.8, 4) is 0 Å². The lowest BCUT2D eigenvalue weighted by atomic mass is 10.2. The number of amides is 1. The molecule has 0 aromatic carbocycles. The summed E-state index contributed by atoms with van der Waals surface area (Å²) in [5.74, 6) is -1.12. The Morgan fingerprint density at radius 3 is 2.59 bits per heavy atom. The third kappa shape index (κ3) is 8.27. The van der Waals surface area contributed by atoms with Crippen LogP contribution in [-0.2, 0) is 14.3 Å². The van der Waals surface area contributed by atoms with Crippen LogP contribution in [0.4, 0.5) is 4.79 Å². The standard InChI is InChI=1S/C11H19NO5/c1-4-6-17-11(15)12-9(10(13)14)5-7-16-8(2)3/h4,8-9H,1,5-7H2,2-3H3,(H,12,15)(H,13,14). The van der Waals surface area contributed by atoms with Crippen molar-refractivity contribution < 1.29 is 24.2 Å². The Morgan fingerprint density at radius 1 is 1.47 bits per heavy atom. The molecule has 17 heavy (non-hydrogen) atoms. The zero-order valence-corrected chi connectivity index (χ0v) is 10.1. The van der Waals surface area contributed by atoms with Gasteiger partial charge in [0.15, 0.2) is 0 Å². The van der Waals surface area contributed by atoms with Crippen LogP contribution in [0, 0.1) is 0 Å². The largest absolute Gasteiger partial charge is 0.480 e. The first-order chi connectivity index (χ1) is 7.97. The number of carbonyl (C=O) groups excluding carboxylic acids is 1. The number of alkyl carbamates (subject to hydrolysis) is 1. The monoisotopic (exact) mass is 245 g/mol. The SMILES string of the molecule is C=CCOC(=O)NC(CCOC(C)C)C(=O)O. The summed E-state index contributed by atoms with van der Waals surface area (Å²) >= 11 is 0. The van der Waals surface area contributed by atoms with Crippen LogP contribution >= 0.6 is 0 Å². The molecule has 0 heterocycles. The van der Waals surface area contributed by atoms with Gasteiger partial charge in [0, 0.05) is 13.0 Å². The van der Waals surface area contributed by atoms with Crippen LogP contribution in [0.1, 0.15) is 20.3 Å². The van der Waals surface area contributed by atoms with Crippen molar-refractivity contribution in [3.63, 3.8) is 0 Å². The fourth-order valence-electron chi connectivity index (χ4n) is 0.998. The zero-order chi connectivity index (χ0) is 13.3. The van der Waals surface area contributed by atoms with Gasteiger partial charge in [0.1, 0.15) is 12.6 Å². The third-order valence-electron chi connectivity index (χ3n) is 1.78. The Kier molecular flexibility index (Phi) is 7.79. The van der Waals surface area contributed by atoms with Gasteiger partial charge in [0.25, 0.3) is 0 Å². The van der Waals surface area contributed by atoms with Gasteiger partial charge in [0.2, 0.25) is 0 Å². The Labute approximate surface area is 101 Å². The molecule has 1 unspecified atom stereocenters. The quantitative estimate of drug-likeness (QED) is 0.627. The van der Waals surface area contributed by atoms with Crippen LogP contribution in [0.2, 0.25) is 0 Å². The number of carbonyl (C=O) groups is 2. The molecule has 0 rings (SSSR count). The fourth-order valence-corrected chi connectivity index (χ4v) is 0.998. The highest BCUT2D eigenvalue weighted by atomic mass is 16.5. The summed E-state index contributed by atoms with van der Waals surface area (Å²) in [4.78, 5) is 22.0. The van der Waals surface area contributed by atoms with Crippen molar-refractivity contribution in [3.05, 3.63) is 12.7 Å². The molecule has 0 bridgehead atoms. The smallest absolute Gasteiger partial charge is 0.408 e. The van der Waals surface area contributed by atoms with Crippen molar-refractivity contribution in [1.29, 1.82) is 0 Å². The summed E-state index contributed by atoms with van der Waals surface area (Å²) in [5.41, 5.74) is 0. The number of carboxylic acids is 1. The molecule has 0 aliphatic heterocycles. The van der Waals surface area contributed by atoms with Crippen molar-refractivity contribution in [2.45, 2.75) is 32.4 Å². The molecule has 0 saturated heterocycles. The van der Waals surface area contributed by atoms with E-state index >= 15 is 0 Å². The Bertz CT molecular complexity index is 265. The maximum Gasteiger partial charge on any atom is 0.408 e. The van der Waals surface area contributed by atoms with Crippen LogP contribution in [0.15, 0.2) is 12.7 Å². The van der Waals surface area contributed by atoms with E-state index in [2.05, 4.69) is 16.6 Å². The number of hydrogen-bond donors (Lipinski definition) is 2. The molecule has 6 heteroatoms. The second kappa shape index (κ2) is 8.58. The van der Waals surface area contributed by atoms with E-state index in [1.54, 1.807) is 0 Å². The summed E-state index contributed by atoms with van der Waals surface area (Å²) in [6.45, 7) is 7.37. The first kappa shape index (κ1) is 15.4. The normalized spacial score (nSPS) is 11.9. The van der Waals surface area contributed by atoms with Gasteiger partial charge in [-0.3, -0.25) is 0 Å². The van der Waals surface area contributed by atoms with Gasteiger partial charge in [-0.1, -0.05) is 12.7 Å². The maximum absolute atomic E-state index is 11.1. The van der Waals surface area contributed by atoms with Crippen LogP contribution in [0.5, 0.6) is 0 Å². The average molecular weight is 245 g/mol. The van der Waals surface area contributed by atoms with Crippen LogP contribution in [0.25, 0.3) is 0 Å². The number of hydrogen-bond acceptors (Lipinski definition) is 4. The molecule has 1 amide bonds. The molecular weight excluding hydrogens is 226 g/mol. The molecule has 0 saturated carbocycles. The molecule has 0 aromatic heterocycles. The van der Waals surface area contributed by atoms with Gasteiger partial charge in [-0.05, 0) is 13.8 Å². The molecule has 0 radical (unpaired) electrons. The minimum absolute atomic E-state index is 0.0252. The van der Waals surface area contributed by atoms with E-state index in [0.717, 1.165) is 0 Å². The number of carboxylic acid groups (broad SMARTS) is 1. The minimum Gasteiger partial charge on any atom is -0.480 e. The summed E-state index contributed by atoms with van der Waals surface area (Å²) < 4.78 is 9.84. The predicted molar refractivity (Wildman–Crippen MR) is 61.8 cm³/mol. The van der Waals surface area contributed by atoms with Gasteiger partial charge < -0.3 is 19.9 Å². The Balaban J connectivity index is 4.01. The van der Waals surface area contributed by atoms with E-state index in [1.807, 2.05) is 13.8 Å². The Morgan fingerprint density at radius 2 is 2.12 bits per heavy atom. The lowest BCUT2D eigenvalue weighted by Gasteiger charge is -2.15. The highest BCUT2D eigenvalue weighted by molar-refractivity contribution is 5.79. The molecule has 2 N–H and O–H groups in total. The molecule has 0 spiro atoms. The second-order valence-electron chi connectivity index (χ2n) is 3.63. The number of rotatable bonds is 8. The van der Waals surface area contributed by atoms with Crippen molar-refractivity contribution in [1.82, 2.24) is 5.32 Å². The summed E-state index contributed by atoms with van der Waals surface area (Å²) in [6.07, 6.45) is 0.840. The predicted octanol–water partition coefficient (Wildman–Crippen LogP) is 1.17. The first-order valence-electron chi connectivity index (χ1n) is 5.36. The molecule has 98 valence electrons. The van der Waals surface area contributed by atoms with Crippen molar-refractivity contribution >= 4 is 12.1 Å². The number of nitrogens with one attached hydrogen (secondary N) is 1. The highest BCUT2D eigenvalue weighted by Crippen LogP contribution is 1.97. The molecule has 0 aromatic rings. The van der Waals surface area contributed by atoms with E-state index in [4.69, 9.17) is 9.84 Å². The maximum atomic E-state index is 11.1. The second-order valence-corrected chi connectivity index (χ2v) is 3.63. The van der Waals surface area contributed by atoms with Crippen molar-refractivity contribution in [2.24, 2.45) is 0 Å². The van der Waals surface area contributed by atoms with Gasteiger partial charge in [-0.25, -0.2) is 9.59 Å². The van der Waals surface area contributed by atoms with E-state index in [1.165, 1.54) is 6.08 Å². The van der Waals surface area contributed by atoms with E-state index in [9.17, 15) is 9.59 Å². The number of aliphatic carboxylic acids is 1. The fraction of sp³-hybridized carbons (Fsp3) is 0.636. The van der Waals surface area contributed by atoms with Gasteiger partial charge >= 0.3 is 12.1 Å². The van der Waals surface area contributed by atoms with E-state index < -0.39 is 18.1 Å². The number of ether oxygens (including phenoxy) is 2. The molecule has 0 fully saturated rings. The van der Waals surface area contributed by atoms with Gasteiger partial charge in [-0.2, -0.15) is 0 Å². The molecule has 1 atom stereocenters. The molecule has 0 aliphatic rings. The summed E-state index contributed by atoms with van der Waals surface area (Å²) in [7, 11) is 0. The lowest BCUT2D eigenvalue weighted by Crippen LogP contribution is -2.42. The minimum atomic E-state index is -1.12. The van der Waals surface area contributed by atoms with Crippen LogP contribution in [0.3, 0.4) is 0 Å². The molecule has 0 aliphatic carbocycles. The van der Waals surface area contributed by atoms with E-state index in [0.29, 0.717) is 0 Å². The third-order valence-corrected chi connectivity index (χ3v) is 1.78. The Hall–Kier alpha value is -1.56. The van der Waals surface area contributed by atoms with Crippen LogP contribution in [-0.4, -0.2) is 42.5 Å². The van der Waals surface area contributed by atoms with Crippen molar-refractivity contribution in [2.75, 3.05) is 13.2 Å². The lowest BCUT2D eigenvalue weighted by molar-refractivity contribution is -0.140. The molecular formula is C11H19NO5. The zero-order valence-electron chi connectivity index (χ0n) is 10.1. The van der Waals surface area contributed by atoms with Gasteiger partial charge in [0.05, 0.1) is 6.10 Å². The average Bonchev–Trinajstić information content (AvgIpc) is 2.24. The van der Waals surface area contributed by atoms with E-state index in [-0.39, 0.29) is 25.7 Å². The topological polar surface area (TPSA) is 84.9 Å². The summed E-state index contributed by atoms with van der Waals surface area (Å²) in [6, 6.07) is -1.01. The highest BCUT2D eigenvalue weighted by Gasteiger charge is 2.20. The van der Waals surface area contributed by atoms with Crippen LogP contribution < -0.4 is 5.32 Å². The first-order valence-corrected chi connectivity index (χ1v) is 5.36. The van der Waals surface area contributed by atoms with Gasteiger partial charge in [-0.15, -0.1) is 0 Å².